The quantitative estimate of drug-likeness (QED) is 0.423. The summed E-state index contributed by atoms with van der Waals surface area (Å²) < 4.78 is 5.09. The van der Waals surface area contributed by atoms with Crippen molar-refractivity contribution in [3.05, 3.63) is 42.5 Å². The second-order valence-corrected chi connectivity index (χ2v) is 9.21. The Labute approximate surface area is 177 Å². The van der Waals surface area contributed by atoms with Gasteiger partial charge in [0, 0.05) is 17.1 Å². The third kappa shape index (κ3) is 9.33. The van der Waals surface area contributed by atoms with Gasteiger partial charge in [0.15, 0.2) is 5.78 Å². The highest BCUT2D eigenvalue weighted by Gasteiger charge is 2.16. The Hall–Kier alpha value is -2.05. The summed E-state index contributed by atoms with van der Waals surface area (Å²) in [5.41, 5.74) is -0.575. The van der Waals surface area contributed by atoms with E-state index in [1.165, 1.54) is 10.8 Å². The number of aliphatic hydroxyl groups is 1. The van der Waals surface area contributed by atoms with Crippen LogP contribution in [0.5, 0.6) is 0 Å². The van der Waals surface area contributed by atoms with E-state index in [0.29, 0.717) is 25.0 Å². The fourth-order valence-electron chi connectivity index (χ4n) is 2.81. The molecule has 0 aliphatic heterocycles. The molecule has 0 fully saturated rings. The molecule has 2 aromatic carbocycles. The summed E-state index contributed by atoms with van der Waals surface area (Å²) in [7, 11) is 0. The maximum absolute atomic E-state index is 11.8. The lowest BCUT2D eigenvalue weighted by Gasteiger charge is -2.19. The highest BCUT2D eigenvalue weighted by Crippen LogP contribution is 2.25. The fourth-order valence-corrected chi connectivity index (χ4v) is 3.73. The number of nitrogens with one attached hydrogen (secondary N) is 1. The van der Waals surface area contributed by atoms with Gasteiger partial charge in [0.25, 0.3) is 0 Å². The van der Waals surface area contributed by atoms with Crippen LogP contribution in [0.1, 0.15) is 46.5 Å². The summed E-state index contributed by atoms with van der Waals surface area (Å²) >= 11 is 1.65. The molecule has 0 aromatic heterocycles. The Morgan fingerprint density at radius 3 is 2.55 bits per heavy atom. The van der Waals surface area contributed by atoms with Crippen LogP contribution in [0.25, 0.3) is 10.8 Å². The minimum Gasteiger partial charge on any atom is -0.444 e. The maximum atomic E-state index is 11.8. The van der Waals surface area contributed by atoms with Crippen molar-refractivity contribution in [3.63, 3.8) is 0 Å². The van der Waals surface area contributed by atoms with E-state index in [0.717, 1.165) is 11.3 Å². The SMILES string of the molecule is CC(C)(C)OC(=O)NCC(=O)CCCCC(O)CSc1ccc2ccccc2c1. The molecule has 158 valence electrons. The Morgan fingerprint density at radius 2 is 1.83 bits per heavy atom. The van der Waals surface area contributed by atoms with Crippen LogP contribution < -0.4 is 5.32 Å². The number of carbonyl (C=O) groups is 2. The van der Waals surface area contributed by atoms with Crippen LogP contribution in [0.4, 0.5) is 4.79 Å². The third-order valence-corrected chi connectivity index (χ3v) is 5.37. The largest absolute Gasteiger partial charge is 0.444 e. The van der Waals surface area contributed by atoms with Gasteiger partial charge in [-0.2, -0.15) is 0 Å². The molecule has 1 amide bonds. The number of carbonyl (C=O) groups excluding carboxylic acids is 2. The molecule has 0 bridgehead atoms. The molecule has 0 saturated heterocycles. The molecule has 5 nitrogen and oxygen atoms in total. The summed E-state index contributed by atoms with van der Waals surface area (Å²) in [5.74, 6) is 0.600. The van der Waals surface area contributed by atoms with Gasteiger partial charge in [-0.25, -0.2) is 4.79 Å². The van der Waals surface area contributed by atoms with E-state index < -0.39 is 17.8 Å². The summed E-state index contributed by atoms with van der Waals surface area (Å²) in [6, 6.07) is 14.5. The van der Waals surface area contributed by atoms with Crippen molar-refractivity contribution in [3.8, 4) is 0 Å². The minimum absolute atomic E-state index is 0.0186. The first-order valence-electron chi connectivity index (χ1n) is 10.0. The van der Waals surface area contributed by atoms with Crippen LogP contribution in [0.2, 0.25) is 0 Å². The van der Waals surface area contributed by atoms with E-state index in [9.17, 15) is 14.7 Å². The average Bonchev–Trinajstić information content (AvgIpc) is 2.66. The Balaban J connectivity index is 1.58. The normalized spacial score (nSPS) is 12.6. The molecule has 2 rings (SSSR count). The number of thioether (sulfide) groups is 1. The van der Waals surface area contributed by atoms with E-state index in [1.54, 1.807) is 32.5 Å². The monoisotopic (exact) mass is 417 g/mol. The average molecular weight is 418 g/mol. The standard InChI is InChI=1S/C23H31NO4S/c1-23(2,3)28-22(27)24-15-19(25)10-6-7-11-20(26)16-29-21-13-12-17-8-4-5-9-18(17)14-21/h4-5,8-9,12-14,20,26H,6-7,10-11,15-16H2,1-3H3,(H,24,27). The number of amides is 1. The molecule has 1 unspecified atom stereocenters. The summed E-state index contributed by atoms with van der Waals surface area (Å²) in [6.07, 6.45) is 1.55. The molecule has 2 N–H and O–H groups in total. The lowest BCUT2D eigenvalue weighted by Crippen LogP contribution is -2.35. The number of fused-ring (bicyclic) bond motifs is 1. The van der Waals surface area contributed by atoms with Crippen molar-refractivity contribution in [1.82, 2.24) is 5.32 Å². The van der Waals surface area contributed by atoms with Crippen LogP contribution in [0.15, 0.2) is 47.4 Å². The highest BCUT2D eigenvalue weighted by molar-refractivity contribution is 7.99. The van der Waals surface area contributed by atoms with Gasteiger partial charge in [-0.3, -0.25) is 4.79 Å². The summed E-state index contributed by atoms with van der Waals surface area (Å²) in [4.78, 5) is 24.5. The van der Waals surface area contributed by atoms with Gasteiger partial charge < -0.3 is 15.2 Å². The zero-order valence-corrected chi connectivity index (χ0v) is 18.3. The number of aliphatic hydroxyl groups excluding tert-OH is 1. The number of hydrogen-bond acceptors (Lipinski definition) is 5. The number of rotatable bonds is 10. The number of unbranched alkanes of at least 4 members (excludes halogenated alkanes) is 1. The van der Waals surface area contributed by atoms with Gasteiger partial charge in [0.2, 0.25) is 0 Å². The molecule has 29 heavy (non-hydrogen) atoms. The molecule has 0 aliphatic carbocycles. The van der Waals surface area contributed by atoms with Gasteiger partial charge in [0.1, 0.15) is 5.60 Å². The van der Waals surface area contributed by atoms with E-state index >= 15 is 0 Å². The molecule has 0 radical (unpaired) electrons. The van der Waals surface area contributed by atoms with Gasteiger partial charge >= 0.3 is 6.09 Å². The number of alkyl carbamates (subject to hydrolysis) is 1. The summed E-state index contributed by atoms with van der Waals surface area (Å²) in [6.45, 7) is 5.31. The molecule has 1 atom stereocenters. The Kier molecular flexibility index (Phi) is 8.99. The molecule has 2 aromatic rings. The minimum atomic E-state index is -0.577. The Bertz CT molecular complexity index is 816. The van der Waals surface area contributed by atoms with Crippen molar-refractivity contribution in [1.29, 1.82) is 0 Å². The third-order valence-electron chi connectivity index (χ3n) is 4.24. The fraction of sp³-hybridized carbons (Fsp3) is 0.478. The number of hydrogen-bond donors (Lipinski definition) is 2. The first kappa shape index (κ1) is 23.2. The van der Waals surface area contributed by atoms with Crippen molar-refractivity contribution in [2.75, 3.05) is 12.3 Å². The lowest BCUT2D eigenvalue weighted by molar-refractivity contribution is -0.118. The molecule has 0 aliphatic rings. The zero-order valence-electron chi connectivity index (χ0n) is 17.4. The first-order valence-corrected chi connectivity index (χ1v) is 11.0. The van der Waals surface area contributed by atoms with Crippen LogP contribution in [0, 0.1) is 0 Å². The Morgan fingerprint density at radius 1 is 1.10 bits per heavy atom. The topological polar surface area (TPSA) is 75.6 Å². The second-order valence-electron chi connectivity index (χ2n) is 8.11. The number of benzene rings is 2. The maximum Gasteiger partial charge on any atom is 0.408 e. The van der Waals surface area contributed by atoms with E-state index in [2.05, 4.69) is 35.6 Å². The second kappa shape index (κ2) is 11.2. The smallest absolute Gasteiger partial charge is 0.408 e. The molecular formula is C23H31NO4S. The number of Topliss-reactive ketones (excluding diaryl/α,β-unsaturated/α-hetero) is 1. The van der Waals surface area contributed by atoms with Crippen molar-refractivity contribution >= 4 is 34.4 Å². The highest BCUT2D eigenvalue weighted by atomic mass is 32.2. The van der Waals surface area contributed by atoms with Gasteiger partial charge in [-0.05, 0) is 56.5 Å². The van der Waals surface area contributed by atoms with E-state index in [1.807, 2.05) is 12.1 Å². The van der Waals surface area contributed by atoms with Crippen molar-refractivity contribution in [2.45, 2.75) is 63.1 Å². The van der Waals surface area contributed by atoms with Crippen LogP contribution in [0.3, 0.4) is 0 Å². The van der Waals surface area contributed by atoms with Crippen molar-refractivity contribution in [2.24, 2.45) is 0 Å². The predicted octanol–water partition coefficient (Wildman–Crippen LogP) is 4.95. The molecule has 6 heteroatoms. The van der Waals surface area contributed by atoms with Crippen LogP contribution >= 0.6 is 11.8 Å². The molecule has 0 spiro atoms. The van der Waals surface area contributed by atoms with Gasteiger partial charge in [-0.1, -0.05) is 36.8 Å². The molecular weight excluding hydrogens is 386 g/mol. The predicted molar refractivity (Wildman–Crippen MR) is 118 cm³/mol. The van der Waals surface area contributed by atoms with E-state index in [4.69, 9.17) is 4.74 Å². The molecule has 0 heterocycles. The van der Waals surface area contributed by atoms with Crippen molar-refractivity contribution < 1.29 is 19.4 Å². The number of ether oxygens (including phenoxy) is 1. The number of ketones is 1. The van der Waals surface area contributed by atoms with Crippen LogP contribution in [-0.4, -0.2) is 41.0 Å². The summed E-state index contributed by atoms with van der Waals surface area (Å²) in [5, 5.41) is 15.1. The lowest BCUT2D eigenvalue weighted by atomic mass is 10.1. The molecule has 0 saturated carbocycles. The van der Waals surface area contributed by atoms with Gasteiger partial charge in [0.05, 0.1) is 12.6 Å². The zero-order chi connectivity index (χ0) is 21.3. The van der Waals surface area contributed by atoms with Gasteiger partial charge in [-0.15, -0.1) is 11.8 Å². The first-order chi connectivity index (χ1) is 13.7. The van der Waals surface area contributed by atoms with E-state index in [-0.39, 0.29) is 12.3 Å². The van der Waals surface area contributed by atoms with Crippen LogP contribution in [-0.2, 0) is 9.53 Å².